The average Bonchev–Trinajstić information content (AvgIpc) is 3.07. The maximum Gasteiger partial charge on any atom is 0.279 e. The molecule has 1 fully saturated rings. The third-order valence-corrected chi connectivity index (χ3v) is 6.95. The van der Waals surface area contributed by atoms with Crippen molar-refractivity contribution in [3.05, 3.63) is 35.0 Å². The Balaban J connectivity index is 1.70. The first-order valence-corrected chi connectivity index (χ1v) is 11.2. The van der Waals surface area contributed by atoms with Crippen LogP contribution in [0.4, 0.5) is 4.39 Å². The van der Waals surface area contributed by atoms with Gasteiger partial charge < -0.3 is 9.88 Å². The maximum absolute atomic E-state index is 13.1. The van der Waals surface area contributed by atoms with Gasteiger partial charge in [0.2, 0.25) is 5.91 Å². The lowest BCUT2D eigenvalue weighted by molar-refractivity contribution is -0.127. The van der Waals surface area contributed by atoms with Crippen LogP contribution in [0, 0.1) is 11.7 Å². The van der Waals surface area contributed by atoms with Gasteiger partial charge in [0, 0.05) is 33.1 Å². The van der Waals surface area contributed by atoms with Crippen molar-refractivity contribution in [2.24, 2.45) is 5.92 Å². The van der Waals surface area contributed by atoms with Crippen molar-refractivity contribution in [2.45, 2.75) is 19.3 Å². The number of likely N-dealkylation sites (N-methyl/N-ethyl adjacent to an activating group) is 1. The molecule has 0 unspecified atom stereocenters. The Hall–Kier alpha value is -2.08. The highest BCUT2D eigenvalue weighted by molar-refractivity contribution is 7.87. The predicted molar refractivity (Wildman–Crippen MR) is 110 cm³/mol. The van der Waals surface area contributed by atoms with Crippen molar-refractivity contribution in [1.82, 2.24) is 28.9 Å². The number of rotatable bonds is 6. The number of H-pyrrole nitrogens is 1. The largest absolute Gasteiger partial charge is 0.348 e. The molecule has 0 radical (unpaired) electrons. The van der Waals surface area contributed by atoms with Gasteiger partial charge in [-0.3, -0.25) is 4.79 Å². The second kappa shape index (κ2) is 8.96. The summed E-state index contributed by atoms with van der Waals surface area (Å²) in [5.41, 5.74) is 1.17. The summed E-state index contributed by atoms with van der Waals surface area (Å²) in [6.07, 6.45) is 1.63. The van der Waals surface area contributed by atoms with E-state index in [1.807, 2.05) is 6.92 Å². The van der Waals surface area contributed by atoms with Crippen LogP contribution in [0.2, 0.25) is 5.15 Å². The molecule has 9 nitrogen and oxygen atoms in total. The van der Waals surface area contributed by atoms with E-state index in [4.69, 9.17) is 11.6 Å². The number of aromatic amines is 1. The number of hydrogen-bond donors (Lipinski definition) is 2. The Bertz CT molecular complexity index is 1010. The number of nitrogens with zero attached hydrogens (tertiary/aromatic N) is 4. The minimum absolute atomic E-state index is 0.0333. The monoisotopic (exact) mass is 458 g/mol. The Morgan fingerprint density at radius 1 is 1.43 bits per heavy atom. The molecule has 1 aliphatic heterocycles. The molecule has 1 saturated heterocycles. The third kappa shape index (κ3) is 4.97. The zero-order valence-electron chi connectivity index (χ0n) is 16.9. The second-order valence-electron chi connectivity index (χ2n) is 7.50. The van der Waals surface area contributed by atoms with Crippen molar-refractivity contribution in [3.8, 4) is 11.5 Å². The minimum Gasteiger partial charge on any atom is -0.348 e. The van der Waals surface area contributed by atoms with Crippen molar-refractivity contribution in [1.29, 1.82) is 0 Å². The van der Waals surface area contributed by atoms with E-state index in [1.54, 1.807) is 14.1 Å². The molecule has 3 heterocycles. The molecular formula is C18H24ClFN6O3S. The van der Waals surface area contributed by atoms with Gasteiger partial charge in [0.1, 0.15) is 11.5 Å². The van der Waals surface area contributed by atoms with E-state index in [9.17, 15) is 17.6 Å². The summed E-state index contributed by atoms with van der Waals surface area (Å²) in [6, 6.07) is 2.80. The number of aromatic nitrogens is 3. The molecule has 1 amide bonds. The van der Waals surface area contributed by atoms with Gasteiger partial charge in [-0.2, -0.15) is 17.4 Å². The molecule has 1 aliphatic rings. The van der Waals surface area contributed by atoms with E-state index in [1.165, 1.54) is 21.3 Å². The van der Waals surface area contributed by atoms with Crippen molar-refractivity contribution >= 4 is 27.7 Å². The number of halogens is 2. The van der Waals surface area contributed by atoms with Crippen molar-refractivity contribution in [2.75, 3.05) is 33.7 Å². The first-order valence-electron chi connectivity index (χ1n) is 9.40. The Kier molecular flexibility index (Phi) is 6.75. The van der Waals surface area contributed by atoms with Gasteiger partial charge in [0.25, 0.3) is 10.2 Å². The maximum atomic E-state index is 13.1. The van der Waals surface area contributed by atoms with Crippen molar-refractivity contribution in [3.63, 3.8) is 0 Å². The molecule has 2 atom stereocenters. The highest BCUT2D eigenvalue weighted by atomic mass is 35.5. The van der Waals surface area contributed by atoms with E-state index < -0.39 is 16.0 Å². The molecule has 2 aromatic heterocycles. The van der Waals surface area contributed by atoms with Gasteiger partial charge in [-0.1, -0.05) is 18.5 Å². The van der Waals surface area contributed by atoms with Gasteiger partial charge >= 0.3 is 0 Å². The molecule has 0 bridgehead atoms. The van der Waals surface area contributed by atoms with E-state index in [0.29, 0.717) is 28.8 Å². The van der Waals surface area contributed by atoms with E-state index in [2.05, 4.69) is 19.7 Å². The van der Waals surface area contributed by atoms with Crippen LogP contribution in [0.15, 0.2) is 18.3 Å². The first kappa shape index (κ1) is 22.6. The normalized spacial score (nSPS) is 20.3. The number of piperidine rings is 1. The molecular weight excluding hydrogens is 435 g/mol. The van der Waals surface area contributed by atoms with E-state index in [-0.39, 0.29) is 37.4 Å². The minimum atomic E-state index is -3.77. The zero-order chi connectivity index (χ0) is 22.1. The van der Waals surface area contributed by atoms with Crippen LogP contribution in [-0.4, -0.2) is 72.2 Å². The van der Waals surface area contributed by atoms with Gasteiger partial charge in [0.15, 0.2) is 11.0 Å². The molecule has 0 aliphatic carbocycles. The predicted octanol–water partition coefficient (Wildman–Crippen LogP) is 1.61. The van der Waals surface area contributed by atoms with Gasteiger partial charge in [0.05, 0.1) is 18.4 Å². The molecule has 3 rings (SSSR count). The highest BCUT2D eigenvalue weighted by Crippen LogP contribution is 2.37. The first-order chi connectivity index (χ1) is 14.1. The molecule has 2 aromatic rings. The van der Waals surface area contributed by atoms with Crippen LogP contribution in [0.1, 0.15) is 25.0 Å². The van der Waals surface area contributed by atoms with Crippen LogP contribution in [0.25, 0.3) is 11.5 Å². The fourth-order valence-electron chi connectivity index (χ4n) is 3.41. The lowest BCUT2D eigenvalue weighted by Gasteiger charge is -2.35. The number of amides is 1. The Morgan fingerprint density at radius 3 is 2.77 bits per heavy atom. The Morgan fingerprint density at radius 2 is 2.17 bits per heavy atom. The van der Waals surface area contributed by atoms with Crippen LogP contribution < -0.4 is 4.72 Å². The summed E-state index contributed by atoms with van der Waals surface area (Å²) in [6.45, 7) is 2.20. The zero-order valence-corrected chi connectivity index (χ0v) is 18.5. The van der Waals surface area contributed by atoms with Gasteiger partial charge in [-0.05, 0) is 24.5 Å². The molecule has 2 N–H and O–H groups in total. The molecule has 0 saturated carbocycles. The Labute approximate surface area is 179 Å². The topological polar surface area (TPSA) is 111 Å². The van der Waals surface area contributed by atoms with Gasteiger partial charge in [-0.25, -0.2) is 14.4 Å². The van der Waals surface area contributed by atoms with Crippen LogP contribution in [0.3, 0.4) is 0 Å². The number of carbonyl (C=O) groups is 1. The molecule has 164 valence electrons. The van der Waals surface area contributed by atoms with Crippen LogP contribution >= 0.6 is 11.6 Å². The molecule has 0 spiro atoms. The summed E-state index contributed by atoms with van der Waals surface area (Å²) < 4.78 is 41.9. The lowest BCUT2D eigenvalue weighted by Crippen LogP contribution is -2.49. The fraction of sp³-hybridized carbons (Fsp3) is 0.500. The van der Waals surface area contributed by atoms with Crippen LogP contribution in [-0.2, 0) is 15.0 Å². The average molecular weight is 459 g/mol. The highest BCUT2D eigenvalue weighted by Gasteiger charge is 2.35. The van der Waals surface area contributed by atoms with Crippen LogP contribution in [0.5, 0.6) is 0 Å². The molecule has 0 aromatic carbocycles. The summed E-state index contributed by atoms with van der Waals surface area (Å²) in [5.74, 6) is -0.422. The number of nitrogens with one attached hydrogen (secondary N) is 2. The smallest absolute Gasteiger partial charge is 0.279 e. The number of hydrogen-bond acceptors (Lipinski definition) is 5. The quantitative estimate of drug-likeness (QED) is 0.683. The number of pyridine rings is 1. The second-order valence-corrected chi connectivity index (χ2v) is 9.61. The number of carbonyl (C=O) groups excluding carboxylic acids is 1. The molecule has 30 heavy (non-hydrogen) atoms. The lowest BCUT2D eigenvalue weighted by atomic mass is 9.86. The summed E-state index contributed by atoms with van der Waals surface area (Å²) in [5, 5.41) is 0.291. The fourth-order valence-corrected chi connectivity index (χ4v) is 4.94. The van der Waals surface area contributed by atoms with Gasteiger partial charge in [-0.15, -0.1) is 0 Å². The summed E-state index contributed by atoms with van der Waals surface area (Å²) >= 11 is 6.33. The summed E-state index contributed by atoms with van der Waals surface area (Å²) in [4.78, 5) is 24.5. The molecule has 12 heteroatoms. The van der Waals surface area contributed by atoms with E-state index >= 15 is 0 Å². The van der Waals surface area contributed by atoms with E-state index in [0.717, 1.165) is 6.20 Å². The summed E-state index contributed by atoms with van der Waals surface area (Å²) in [7, 11) is -0.644. The number of imidazole rings is 1. The van der Waals surface area contributed by atoms with Crippen molar-refractivity contribution < 1.29 is 17.6 Å². The SMILES string of the molecule is C[C@H]1CN(S(=O)(=O)NCC(=O)N(C)C)CC[C@H]1c1[nH]c(-c2ccc(F)cn2)nc1Cl. The third-order valence-electron chi connectivity index (χ3n) is 5.14. The standard InChI is InChI=1S/C18H24ClFN6O3S/c1-11-10-26(30(28,29)22-9-15(27)25(2)3)7-6-13(11)16-17(19)24-18(23-16)14-5-4-12(20)8-21-14/h4-5,8,11,13,22H,6-7,9-10H2,1-3H3,(H,23,24)/t11-,13+/m0/s1.